The average molecular weight is 451 g/mol. The number of nitrogens with zero attached hydrogens (tertiary/aromatic N) is 5. The molecule has 1 aliphatic heterocycles. The zero-order chi connectivity index (χ0) is 22.6. The Labute approximate surface area is 194 Å². The fourth-order valence-corrected chi connectivity index (χ4v) is 5.26. The smallest absolute Gasteiger partial charge is 0.252 e. The van der Waals surface area contributed by atoms with Crippen molar-refractivity contribution in [2.24, 2.45) is 0 Å². The summed E-state index contributed by atoms with van der Waals surface area (Å²) in [6.45, 7) is 4.90. The molecular formula is C25H34N6O2. The van der Waals surface area contributed by atoms with Crippen LogP contribution in [0.5, 0.6) is 0 Å². The lowest BCUT2D eigenvalue weighted by Gasteiger charge is -2.34. The molecule has 0 unspecified atom stereocenters. The van der Waals surface area contributed by atoms with E-state index in [4.69, 9.17) is 4.74 Å². The van der Waals surface area contributed by atoms with E-state index < -0.39 is 0 Å². The van der Waals surface area contributed by atoms with E-state index >= 15 is 0 Å². The van der Waals surface area contributed by atoms with Crippen LogP contribution in [0.2, 0.25) is 0 Å². The van der Waals surface area contributed by atoms with Gasteiger partial charge in [0.25, 0.3) is 5.56 Å². The van der Waals surface area contributed by atoms with Crippen LogP contribution >= 0.6 is 0 Å². The molecule has 2 aromatic heterocycles. The Morgan fingerprint density at radius 2 is 2.00 bits per heavy atom. The minimum Gasteiger partial charge on any atom is -0.376 e. The van der Waals surface area contributed by atoms with Crippen molar-refractivity contribution < 1.29 is 4.74 Å². The summed E-state index contributed by atoms with van der Waals surface area (Å²) in [4.78, 5) is 18.5. The number of hydrogen-bond donors (Lipinski definition) is 1. The summed E-state index contributed by atoms with van der Waals surface area (Å²) >= 11 is 0. The highest BCUT2D eigenvalue weighted by Gasteiger charge is 2.26. The molecule has 0 amide bonds. The minimum absolute atomic E-state index is 0.00787. The Hall–Kier alpha value is -2.58. The molecule has 1 aliphatic carbocycles. The lowest BCUT2D eigenvalue weighted by molar-refractivity contribution is 0.0893. The maximum Gasteiger partial charge on any atom is 0.252 e. The summed E-state index contributed by atoms with van der Waals surface area (Å²) in [5.74, 6) is 0.849. The van der Waals surface area contributed by atoms with E-state index in [1.807, 2.05) is 10.7 Å². The number of hydrogen-bond acceptors (Lipinski definition) is 6. The quantitative estimate of drug-likeness (QED) is 0.564. The van der Waals surface area contributed by atoms with Crippen molar-refractivity contribution in [2.45, 2.75) is 90.1 Å². The molecule has 5 rings (SSSR count). The van der Waals surface area contributed by atoms with Gasteiger partial charge in [-0.15, -0.1) is 5.10 Å². The van der Waals surface area contributed by atoms with Gasteiger partial charge >= 0.3 is 0 Å². The number of aryl methyl sites for hydroxylation is 1. The van der Waals surface area contributed by atoms with Gasteiger partial charge in [-0.05, 0) is 71.7 Å². The molecular weight excluding hydrogens is 416 g/mol. The monoisotopic (exact) mass is 450 g/mol. The molecule has 2 aliphatic rings. The number of nitrogens with one attached hydrogen (secondary N) is 1. The zero-order valence-electron chi connectivity index (χ0n) is 19.5. The Morgan fingerprint density at radius 1 is 1.12 bits per heavy atom. The second kappa shape index (κ2) is 10.1. The van der Waals surface area contributed by atoms with Crippen molar-refractivity contribution in [3.05, 3.63) is 51.6 Å². The van der Waals surface area contributed by atoms with E-state index in [9.17, 15) is 4.79 Å². The number of aromatic nitrogens is 5. The van der Waals surface area contributed by atoms with Crippen LogP contribution in [0.15, 0.2) is 29.1 Å². The highest BCUT2D eigenvalue weighted by Crippen LogP contribution is 2.26. The summed E-state index contributed by atoms with van der Waals surface area (Å²) in [5.41, 5.74) is 2.97. The number of pyridine rings is 1. The van der Waals surface area contributed by atoms with Crippen molar-refractivity contribution in [1.82, 2.24) is 30.1 Å². The predicted molar refractivity (Wildman–Crippen MR) is 127 cm³/mol. The summed E-state index contributed by atoms with van der Waals surface area (Å²) in [7, 11) is 0. The fraction of sp³-hybridized carbons (Fsp3) is 0.600. The van der Waals surface area contributed by atoms with E-state index in [1.165, 1.54) is 24.8 Å². The van der Waals surface area contributed by atoms with Crippen LogP contribution in [0.25, 0.3) is 10.9 Å². The van der Waals surface area contributed by atoms with Crippen LogP contribution in [0.1, 0.15) is 68.8 Å². The Bertz CT molecular complexity index is 1130. The Kier molecular flexibility index (Phi) is 6.83. The van der Waals surface area contributed by atoms with Crippen LogP contribution in [0, 0.1) is 0 Å². The highest BCUT2D eigenvalue weighted by molar-refractivity contribution is 5.79. The van der Waals surface area contributed by atoms with Crippen LogP contribution in [0.3, 0.4) is 0 Å². The summed E-state index contributed by atoms with van der Waals surface area (Å²) in [6, 6.07) is 8.78. The number of fused-ring (bicyclic) bond motifs is 1. The maximum atomic E-state index is 13.0. The van der Waals surface area contributed by atoms with Gasteiger partial charge in [-0.1, -0.05) is 32.3 Å². The first-order chi connectivity index (χ1) is 16.2. The molecule has 1 saturated heterocycles. The van der Waals surface area contributed by atoms with E-state index in [0.717, 1.165) is 61.0 Å². The van der Waals surface area contributed by atoms with E-state index in [-0.39, 0.29) is 11.7 Å². The van der Waals surface area contributed by atoms with Gasteiger partial charge in [0.15, 0.2) is 5.82 Å². The SMILES string of the molecule is CCc1ccc2[nH]c(=O)c(CN(Cc3nnnn3C[C@@H]3CCCO3)C3CCCCC3)cc2c1. The lowest BCUT2D eigenvalue weighted by Crippen LogP contribution is -2.38. The highest BCUT2D eigenvalue weighted by atomic mass is 16.5. The first-order valence-corrected chi connectivity index (χ1v) is 12.4. The number of tetrazole rings is 1. The average Bonchev–Trinajstić information content (AvgIpc) is 3.52. The minimum atomic E-state index is -0.00787. The normalized spacial score (nSPS) is 19.6. The van der Waals surface area contributed by atoms with E-state index in [1.54, 1.807) is 0 Å². The Morgan fingerprint density at radius 3 is 2.79 bits per heavy atom. The van der Waals surface area contributed by atoms with Crippen LogP contribution in [0.4, 0.5) is 0 Å². The number of ether oxygens (including phenoxy) is 1. The number of aromatic amines is 1. The van der Waals surface area contributed by atoms with Crippen LogP contribution in [-0.2, 0) is 30.8 Å². The van der Waals surface area contributed by atoms with E-state index in [0.29, 0.717) is 25.7 Å². The van der Waals surface area contributed by atoms with Crippen LogP contribution < -0.4 is 5.56 Å². The van der Waals surface area contributed by atoms with Crippen molar-refractivity contribution in [3.63, 3.8) is 0 Å². The Balaban J connectivity index is 1.41. The lowest BCUT2D eigenvalue weighted by atomic mass is 9.93. The second-order valence-electron chi connectivity index (χ2n) is 9.51. The molecule has 0 bridgehead atoms. The summed E-state index contributed by atoms with van der Waals surface area (Å²) in [6.07, 6.45) is 9.37. The molecule has 33 heavy (non-hydrogen) atoms. The van der Waals surface area contributed by atoms with Gasteiger partial charge in [0.1, 0.15) is 0 Å². The van der Waals surface area contributed by atoms with Gasteiger partial charge in [-0.3, -0.25) is 9.69 Å². The van der Waals surface area contributed by atoms with Crippen molar-refractivity contribution in [1.29, 1.82) is 0 Å². The topological polar surface area (TPSA) is 88.9 Å². The number of H-pyrrole nitrogens is 1. The largest absolute Gasteiger partial charge is 0.376 e. The van der Waals surface area contributed by atoms with Gasteiger partial charge in [0.2, 0.25) is 0 Å². The van der Waals surface area contributed by atoms with Gasteiger partial charge < -0.3 is 9.72 Å². The van der Waals surface area contributed by atoms with Gasteiger partial charge in [-0.2, -0.15) is 0 Å². The molecule has 8 nitrogen and oxygen atoms in total. The molecule has 8 heteroatoms. The molecule has 1 N–H and O–H groups in total. The third kappa shape index (κ3) is 5.17. The summed E-state index contributed by atoms with van der Waals surface area (Å²) < 4.78 is 7.69. The van der Waals surface area contributed by atoms with E-state index in [2.05, 4.69) is 50.5 Å². The molecule has 1 saturated carbocycles. The molecule has 1 aromatic carbocycles. The summed E-state index contributed by atoms with van der Waals surface area (Å²) in [5, 5.41) is 13.6. The molecule has 0 radical (unpaired) electrons. The third-order valence-electron chi connectivity index (χ3n) is 7.21. The molecule has 1 atom stereocenters. The van der Waals surface area contributed by atoms with Crippen molar-refractivity contribution in [2.75, 3.05) is 6.61 Å². The fourth-order valence-electron chi connectivity index (χ4n) is 5.26. The first kappa shape index (κ1) is 22.2. The number of benzene rings is 1. The molecule has 3 aromatic rings. The molecule has 3 heterocycles. The van der Waals surface area contributed by atoms with Gasteiger partial charge in [0, 0.05) is 30.3 Å². The van der Waals surface area contributed by atoms with Crippen molar-refractivity contribution >= 4 is 10.9 Å². The predicted octanol–water partition coefficient (Wildman–Crippen LogP) is 3.59. The number of rotatable bonds is 8. The molecule has 176 valence electrons. The second-order valence-corrected chi connectivity index (χ2v) is 9.51. The molecule has 2 fully saturated rings. The molecule has 0 spiro atoms. The van der Waals surface area contributed by atoms with Crippen LogP contribution in [-0.4, -0.2) is 48.8 Å². The zero-order valence-corrected chi connectivity index (χ0v) is 19.5. The van der Waals surface area contributed by atoms with Crippen molar-refractivity contribution in [3.8, 4) is 0 Å². The van der Waals surface area contributed by atoms with Gasteiger partial charge in [0.05, 0.1) is 19.2 Å². The third-order valence-corrected chi connectivity index (χ3v) is 7.21. The maximum absolute atomic E-state index is 13.0. The van der Waals surface area contributed by atoms with Gasteiger partial charge in [-0.25, -0.2) is 4.68 Å². The standard InChI is InChI=1S/C25H34N6O2/c1-2-18-10-11-23-19(13-18)14-20(25(32)26-23)15-30(21-7-4-3-5-8-21)17-24-27-28-29-31(24)16-22-9-6-12-33-22/h10-11,13-14,21-22H,2-9,12,15-17H2,1H3,(H,26,32)/t22-/m0/s1. The first-order valence-electron chi connectivity index (χ1n) is 12.4.